The van der Waals surface area contributed by atoms with Gasteiger partial charge >= 0.3 is 5.97 Å². The molecule has 0 radical (unpaired) electrons. The number of esters is 1. The number of carbonyl (C=O) groups excluding carboxylic acids is 1. The van der Waals surface area contributed by atoms with Crippen molar-refractivity contribution >= 4 is 30.2 Å². The van der Waals surface area contributed by atoms with E-state index < -0.39 is 5.79 Å². The maximum atomic E-state index is 12.3. The molecule has 0 heterocycles. The number of rotatable bonds is 7. The van der Waals surface area contributed by atoms with Gasteiger partial charge in [0.2, 0.25) is 5.79 Å². The Labute approximate surface area is 160 Å². The van der Waals surface area contributed by atoms with Crippen LogP contribution < -0.4 is 4.74 Å². The molecule has 1 aliphatic rings. The van der Waals surface area contributed by atoms with E-state index in [1.807, 2.05) is 13.8 Å². The molecule has 140 valence electrons. The van der Waals surface area contributed by atoms with Crippen molar-refractivity contribution in [2.24, 2.45) is 0 Å². The van der Waals surface area contributed by atoms with Crippen molar-refractivity contribution in [1.82, 2.24) is 0 Å². The Kier molecular flexibility index (Phi) is 7.47. The molecule has 1 N–H and O–H groups in total. The van der Waals surface area contributed by atoms with Crippen LogP contribution >= 0.6 is 24.2 Å². The van der Waals surface area contributed by atoms with Crippen molar-refractivity contribution in [2.45, 2.75) is 75.9 Å². The van der Waals surface area contributed by atoms with E-state index in [0.717, 1.165) is 25.7 Å². The third-order valence-corrected chi connectivity index (χ3v) is 5.36. The molecule has 0 aliphatic heterocycles. The second-order valence-electron chi connectivity index (χ2n) is 6.62. The van der Waals surface area contributed by atoms with Gasteiger partial charge in [0.25, 0.3) is 0 Å². The minimum absolute atomic E-state index is 0.0626. The van der Waals surface area contributed by atoms with Gasteiger partial charge in [-0.1, -0.05) is 25.4 Å². The van der Waals surface area contributed by atoms with Crippen LogP contribution in [0.2, 0.25) is 5.02 Å². The topological polar surface area (TPSA) is 55.8 Å². The molecule has 25 heavy (non-hydrogen) atoms. The van der Waals surface area contributed by atoms with E-state index in [2.05, 4.69) is 12.6 Å². The highest BCUT2D eigenvalue weighted by Gasteiger charge is 2.27. The third kappa shape index (κ3) is 6.08. The SMILES string of the molecule is CCC(O)(CC)Oc1ccc(Cl)cc1CC(=O)OC1CCCC(S)C1. The molecule has 2 unspecified atom stereocenters. The Morgan fingerprint density at radius 2 is 2.08 bits per heavy atom. The highest BCUT2D eigenvalue weighted by atomic mass is 35.5. The first kappa shape index (κ1) is 20.4. The van der Waals surface area contributed by atoms with Crippen molar-refractivity contribution in [3.05, 3.63) is 28.8 Å². The van der Waals surface area contributed by atoms with Gasteiger partial charge in [0.1, 0.15) is 11.9 Å². The lowest BCUT2D eigenvalue weighted by Gasteiger charge is -2.28. The molecule has 1 saturated carbocycles. The van der Waals surface area contributed by atoms with Gasteiger partial charge in [0.15, 0.2) is 0 Å². The zero-order valence-corrected chi connectivity index (χ0v) is 16.5. The molecule has 0 bridgehead atoms. The van der Waals surface area contributed by atoms with Gasteiger partial charge < -0.3 is 14.6 Å². The molecule has 1 fully saturated rings. The van der Waals surface area contributed by atoms with E-state index in [-0.39, 0.29) is 18.5 Å². The van der Waals surface area contributed by atoms with Crippen LogP contribution in [0.25, 0.3) is 0 Å². The summed E-state index contributed by atoms with van der Waals surface area (Å²) < 4.78 is 11.4. The number of hydrogen-bond donors (Lipinski definition) is 2. The zero-order chi connectivity index (χ0) is 18.4. The lowest BCUT2D eigenvalue weighted by molar-refractivity contribution is -0.150. The van der Waals surface area contributed by atoms with Crippen molar-refractivity contribution < 1.29 is 19.4 Å². The molecular formula is C19H27ClO4S. The second kappa shape index (κ2) is 9.15. The Morgan fingerprint density at radius 1 is 1.36 bits per heavy atom. The quantitative estimate of drug-likeness (QED) is 0.410. The first-order valence-corrected chi connectivity index (χ1v) is 9.82. The van der Waals surface area contributed by atoms with Crippen LogP contribution in [0.4, 0.5) is 0 Å². The highest BCUT2D eigenvalue weighted by molar-refractivity contribution is 7.80. The number of benzene rings is 1. The average Bonchev–Trinajstić information content (AvgIpc) is 2.57. The Balaban J connectivity index is 2.07. The number of ether oxygens (including phenoxy) is 2. The van der Waals surface area contributed by atoms with Crippen LogP contribution in [0.1, 0.15) is 57.9 Å². The summed E-state index contributed by atoms with van der Waals surface area (Å²) in [7, 11) is 0. The molecule has 0 aromatic heterocycles. The van der Waals surface area contributed by atoms with E-state index >= 15 is 0 Å². The predicted octanol–water partition coefficient (Wildman–Crippen LogP) is 4.55. The molecule has 4 nitrogen and oxygen atoms in total. The van der Waals surface area contributed by atoms with Gasteiger partial charge in [0.05, 0.1) is 6.42 Å². The molecule has 1 aromatic rings. The standard InChI is InChI=1S/C19H27ClO4S/c1-3-19(22,4-2)24-17-9-8-14(20)10-13(17)11-18(21)23-15-6-5-7-16(25)12-15/h8-10,15-16,22,25H,3-7,11-12H2,1-2H3. The highest BCUT2D eigenvalue weighted by Crippen LogP contribution is 2.30. The minimum atomic E-state index is -1.25. The van der Waals surface area contributed by atoms with E-state index in [4.69, 9.17) is 21.1 Å². The number of thiol groups is 1. The van der Waals surface area contributed by atoms with Crippen LogP contribution in [0.3, 0.4) is 0 Å². The molecule has 0 saturated heterocycles. The number of halogens is 1. The fourth-order valence-corrected chi connectivity index (χ4v) is 3.61. The van der Waals surface area contributed by atoms with Gasteiger partial charge in [0, 0.05) is 28.7 Å². The molecule has 0 amide bonds. The number of hydrogen-bond acceptors (Lipinski definition) is 5. The Morgan fingerprint density at radius 3 is 2.72 bits per heavy atom. The first-order valence-electron chi connectivity index (χ1n) is 8.92. The van der Waals surface area contributed by atoms with Crippen molar-refractivity contribution in [1.29, 1.82) is 0 Å². The minimum Gasteiger partial charge on any atom is -0.462 e. The van der Waals surface area contributed by atoms with E-state index in [9.17, 15) is 9.90 Å². The zero-order valence-electron chi connectivity index (χ0n) is 14.8. The lowest BCUT2D eigenvalue weighted by atomic mass is 9.97. The summed E-state index contributed by atoms with van der Waals surface area (Å²) in [6.07, 6.45) is 4.64. The molecule has 1 aromatic carbocycles. The molecule has 2 rings (SSSR count). The van der Waals surface area contributed by atoms with Gasteiger partial charge in [-0.25, -0.2) is 0 Å². The summed E-state index contributed by atoms with van der Waals surface area (Å²) >= 11 is 10.6. The lowest BCUT2D eigenvalue weighted by Crippen LogP contribution is -2.34. The molecule has 6 heteroatoms. The summed E-state index contributed by atoms with van der Waals surface area (Å²) in [5.74, 6) is -1.10. The van der Waals surface area contributed by atoms with Gasteiger partial charge in [-0.2, -0.15) is 12.6 Å². The van der Waals surface area contributed by atoms with Crippen LogP contribution in [0.5, 0.6) is 5.75 Å². The first-order chi connectivity index (χ1) is 11.8. The normalized spacial score (nSPS) is 21.0. The molecule has 2 atom stereocenters. The fraction of sp³-hybridized carbons (Fsp3) is 0.632. The monoisotopic (exact) mass is 386 g/mol. The molecule has 0 spiro atoms. The van der Waals surface area contributed by atoms with Crippen LogP contribution in [-0.4, -0.2) is 28.2 Å². The number of aliphatic hydroxyl groups is 1. The third-order valence-electron chi connectivity index (χ3n) is 4.66. The summed E-state index contributed by atoms with van der Waals surface area (Å²) in [5, 5.41) is 11.2. The number of carbonyl (C=O) groups is 1. The molecular weight excluding hydrogens is 360 g/mol. The van der Waals surface area contributed by atoms with Crippen molar-refractivity contribution in [3.63, 3.8) is 0 Å². The van der Waals surface area contributed by atoms with E-state index in [1.54, 1.807) is 18.2 Å². The maximum absolute atomic E-state index is 12.3. The van der Waals surface area contributed by atoms with Crippen LogP contribution in [-0.2, 0) is 16.0 Å². The van der Waals surface area contributed by atoms with Gasteiger partial charge in [-0.15, -0.1) is 0 Å². The summed E-state index contributed by atoms with van der Waals surface area (Å²) in [5.41, 5.74) is 0.621. The van der Waals surface area contributed by atoms with E-state index in [1.165, 1.54) is 0 Å². The predicted molar refractivity (Wildman–Crippen MR) is 102 cm³/mol. The second-order valence-corrected chi connectivity index (χ2v) is 7.78. The fourth-order valence-electron chi connectivity index (χ4n) is 3.00. The average molecular weight is 387 g/mol. The van der Waals surface area contributed by atoms with Crippen LogP contribution in [0.15, 0.2) is 18.2 Å². The summed E-state index contributed by atoms with van der Waals surface area (Å²) in [4.78, 5) is 12.3. The van der Waals surface area contributed by atoms with Crippen molar-refractivity contribution in [3.8, 4) is 5.75 Å². The summed E-state index contributed by atoms with van der Waals surface area (Å²) in [6.45, 7) is 3.70. The van der Waals surface area contributed by atoms with Gasteiger partial charge in [-0.05, 0) is 43.9 Å². The Bertz CT molecular complexity index is 589. The van der Waals surface area contributed by atoms with Crippen LogP contribution in [0, 0.1) is 0 Å². The molecule has 1 aliphatic carbocycles. The van der Waals surface area contributed by atoms with E-state index in [0.29, 0.717) is 34.4 Å². The summed E-state index contributed by atoms with van der Waals surface area (Å²) in [6, 6.07) is 5.06. The smallest absolute Gasteiger partial charge is 0.310 e. The Hall–Kier alpha value is -0.910. The maximum Gasteiger partial charge on any atom is 0.310 e. The van der Waals surface area contributed by atoms with Gasteiger partial charge in [-0.3, -0.25) is 4.79 Å². The van der Waals surface area contributed by atoms with Crippen molar-refractivity contribution in [2.75, 3.05) is 0 Å². The largest absolute Gasteiger partial charge is 0.462 e.